The van der Waals surface area contributed by atoms with Crippen molar-refractivity contribution < 1.29 is 19.4 Å². The number of urea groups is 1. The van der Waals surface area contributed by atoms with E-state index in [1.165, 1.54) is 0 Å². The highest BCUT2D eigenvalue weighted by Gasteiger charge is 2.32. The first-order chi connectivity index (χ1) is 22.5. The molecule has 46 heavy (non-hydrogen) atoms. The van der Waals surface area contributed by atoms with Gasteiger partial charge in [-0.1, -0.05) is 103 Å². The molecule has 8 nitrogen and oxygen atoms in total. The van der Waals surface area contributed by atoms with Crippen LogP contribution in [-0.2, 0) is 36.2 Å². The van der Waals surface area contributed by atoms with Gasteiger partial charge in [0.15, 0.2) is 11.4 Å². The zero-order valence-corrected chi connectivity index (χ0v) is 26.5. The van der Waals surface area contributed by atoms with Gasteiger partial charge in [-0.05, 0) is 45.5 Å². The van der Waals surface area contributed by atoms with Gasteiger partial charge in [-0.15, -0.1) is 0 Å². The zero-order chi connectivity index (χ0) is 31.7. The first kappa shape index (κ1) is 31.6. The number of ether oxygens (including phenoxy) is 2. The predicted molar refractivity (Wildman–Crippen MR) is 180 cm³/mol. The molecule has 0 radical (unpaired) electrons. The number of hydrogen-bond donors (Lipinski definition) is 3. The number of aliphatic hydroxyl groups excluding tert-OH is 1. The summed E-state index contributed by atoms with van der Waals surface area (Å²) in [4.78, 5) is 16.9. The zero-order valence-electron chi connectivity index (χ0n) is 25.7. The molecule has 1 fully saturated rings. The third kappa shape index (κ3) is 8.24. The summed E-state index contributed by atoms with van der Waals surface area (Å²) >= 11 is 1.67. The Morgan fingerprint density at radius 3 is 2.30 bits per heavy atom. The molecule has 0 bridgehead atoms. The average Bonchev–Trinajstić information content (AvgIpc) is 3.53. The molecule has 1 aromatic heterocycles. The summed E-state index contributed by atoms with van der Waals surface area (Å²) in [6, 6.07) is 34.0. The van der Waals surface area contributed by atoms with E-state index >= 15 is 0 Å². The molecule has 1 saturated heterocycles. The van der Waals surface area contributed by atoms with Crippen LogP contribution >= 0.6 is 11.8 Å². The number of nitrogens with zero attached hydrogens (tertiary/aromatic N) is 2. The molecular formula is C37H38N4O4S. The number of aromatic nitrogens is 2. The van der Waals surface area contributed by atoms with E-state index in [-0.39, 0.29) is 24.8 Å². The predicted octanol–water partition coefficient (Wildman–Crippen LogP) is 6.92. The molecule has 2 heterocycles. The minimum absolute atomic E-state index is 0.00593. The van der Waals surface area contributed by atoms with E-state index in [2.05, 4.69) is 39.9 Å². The lowest BCUT2D eigenvalue weighted by atomic mass is 9.99. The van der Waals surface area contributed by atoms with Gasteiger partial charge in [0.25, 0.3) is 0 Å². The fraction of sp³-hybridized carbons (Fsp3) is 0.243. The standard InChI is InChI=1S/C37H38N4O4S/c1-41-18-17-38-37(41)46-25-33-21-34(29-15-13-27(24-42)14-16-29)45-35(44-33)32-12-6-11-31(20-32)30-10-5-9-28(19-30)23-40-36(43)39-22-26-7-3-2-4-8-26/h2-20,33-35,42H,21-25H2,1H3,(H2,39,40,43)/t33-,34+,35+/m0/s1. The van der Waals surface area contributed by atoms with Gasteiger partial charge in [0.2, 0.25) is 0 Å². The molecule has 236 valence electrons. The van der Waals surface area contributed by atoms with E-state index in [0.717, 1.165) is 49.9 Å². The summed E-state index contributed by atoms with van der Waals surface area (Å²) in [6.07, 6.45) is 3.68. The van der Waals surface area contributed by atoms with Crippen LogP contribution in [0.2, 0.25) is 0 Å². The quantitative estimate of drug-likeness (QED) is 0.137. The number of aliphatic hydroxyl groups is 1. The van der Waals surface area contributed by atoms with Crippen molar-refractivity contribution in [2.24, 2.45) is 7.05 Å². The Kier molecular flexibility index (Phi) is 10.5. The van der Waals surface area contributed by atoms with Gasteiger partial charge in [-0.25, -0.2) is 9.78 Å². The number of imidazole rings is 1. The molecule has 0 aliphatic carbocycles. The molecule has 1 aliphatic rings. The monoisotopic (exact) mass is 634 g/mol. The summed E-state index contributed by atoms with van der Waals surface area (Å²) in [6.45, 7) is 0.892. The highest BCUT2D eigenvalue weighted by Crippen LogP contribution is 2.40. The second-order valence-electron chi connectivity index (χ2n) is 11.3. The van der Waals surface area contributed by atoms with Crippen LogP contribution in [0.3, 0.4) is 0 Å². The number of hydrogen-bond acceptors (Lipinski definition) is 6. The van der Waals surface area contributed by atoms with Gasteiger partial charge in [-0.3, -0.25) is 0 Å². The van der Waals surface area contributed by atoms with Crippen LogP contribution in [-0.4, -0.2) is 32.5 Å². The first-order valence-corrected chi connectivity index (χ1v) is 16.4. The van der Waals surface area contributed by atoms with E-state index in [0.29, 0.717) is 19.5 Å². The molecule has 3 N–H and O–H groups in total. The fourth-order valence-corrected chi connectivity index (χ4v) is 6.38. The fourth-order valence-electron chi connectivity index (χ4n) is 5.43. The molecule has 5 aromatic rings. The van der Waals surface area contributed by atoms with Crippen LogP contribution in [0.5, 0.6) is 0 Å². The smallest absolute Gasteiger partial charge is 0.315 e. The number of amides is 2. The summed E-state index contributed by atoms with van der Waals surface area (Å²) in [5.74, 6) is 0.740. The largest absolute Gasteiger partial charge is 0.392 e. The molecule has 4 aromatic carbocycles. The average molecular weight is 635 g/mol. The maximum atomic E-state index is 12.4. The number of carbonyl (C=O) groups is 1. The maximum Gasteiger partial charge on any atom is 0.315 e. The summed E-state index contributed by atoms with van der Waals surface area (Å²) in [5.41, 5.74) is 6.99. The molecular weight excluding hydrogens is 596 g/mol. The molecule has 0 unspecified atom stereocenters. The van der Waals surface area contributed by atoms with Crippen LogP contribution in [0.1, 0.15) is 46.6 Å². The maximum absolute atomic E-state index is 12.4. The van der Waals surface area contributed by atoms with Crippen molar-refractivity contribution in [1.82, 2.24) is 20.2 Å². The van der Waals surface area contributed by atoms with Gasteiger partial charge in [0.05, 0.1) is 18.8 Å². The van der Waals surface area contributed by atoms with Crippen LogP contribution in [0.15, 0.2) is 121 Å². The number of nitrogens with one attached hydrogen (secondary N) is 2. The molecule has 0 saturated carbocycles. The topological polar surface area (TPSA) is 97.6 Å². The Morgan fingerprint density at radius 1 is 0.848 bits per heavy atom. The highest BCUT2D eigenvalue weighted by molar-refractivity contribution is 7.99. The number of thioether (sulfide) groups is 1. The Morgan fingerprint density at radius 2 is 1.57 bits per heavy atom. The third-order valence-electron chi connectivity index (χ3n) is 7.96. The van der Waals surface area contributed by atoms with E-state index in [4.69, 9.17) is 9.47 Å². The van der Waals surface area contributed by atoms with E-state index in [1.807, 2.05) is 96.7 Å². The first-order valence-electron chi connectivity index (χ1n) is 15.4. The summed E-state index contributed by atoms with van der Waals surface area (Å²) < 4.78 is 15.2. The van der Waals surface area contributed by atoms with Crippen molar-refractivity contribution in [2.75, 3.05) is 5.75 Å². The second-order valence-corrected chi connectivity index (χ2v) is 12.3. The summed E-state index contributed by atoms with van der Waals surface area (Å²) in [5, 5.41) is 16.3. The normalized spacial score (nSPS) is 17.8. The molecule has 3 atom stereocenters. The Bertz CT molecular complexity index is 1730. The summed E-state index contributed by atoms with van der Waals surface area (Å²) in [7, 11) is 1.99. The van der Waals surface area contributed by atoms with Crippen molar-refractivity contribution >= 4 is 17.8 Å². The van der Waals surface area contributed by atoms with E-state index in [9.17, 15) is 9.90 Å². The minimum atomic E-state index is -0.554. The molecule has 0 spiro atoms. The van der Waals surface area contributed by atoms with Crippen molar-refractivity contribution in [3.63, 3.8) is 0 Å². The second kappa shape index (κ2) is 15.2. The lowest BCUT2D eigenvalue weighted by Crippen LogP contribution is -2.34. The van der Waals surface area contributed by atoms with Crippen molar-refractivity contribution in [1.29, 1.82) is 0 Å². The lowest BCUT2D eigenvalue weighted by Gasteiger charge is -2.36. The van der Waals surface area contributed by atoms with Crippen molar-refractivity contribution in [2.45, 2.75) is 49.8 Å². The highest BCUT2D eigenvalue weighted by atomic mass is 32.2. The molecule has 9 heteroatoms. The van der Waals surface area contributed by atoms with Gasteiger partial charge >= 0.3 is 6.03 Å². The van der Waals surface area contributed by atoms with Crippen LogP contribution in [0, 0.1) is 0 Å². The Hall–Kier alpha value is -4.41. The number of benzene rings is 4. The van der Waals surface area contributed by atoms with Crippen LogP contribution < -0.4 is 10.6 Å². The van der Waals surface area contributed by atoms with Crippen LogP contribution in [0.4, 0.5) is 4.79 Å². The van der Waals surface area contributed by atoms with E-state index < -0.39 is 6.29 Å². The minimum Gasteiger partial charge on any atom is -0.392 e. The Balaban J connectivity index is 1.15. The molecule has 6 rings (SSSR count). The van der Waals surface area contributed by atoms with Gasteiger partial charge in [0.1, 0.15) is 0 Å². The SMILES string of the molecule is Cn1ccnc1SC[C@@H]1C[C@H](c2ccc(CO)cc2)O[C@H](c2cccc(-c3cccc(CNC(=O)NCc4ccccc4)c3)c2)O1. The molecule has 2 amide bonds. The molecule has 1 aliphatic heterocycles. The van der Waals surface area contributed by atoms with Crippen molar-refractivity contribution in [3.8, 4) is 11.1 Å². The van der Waals surface area contributed by atoms with Crippen LogP contribution in [0.25, 0.3) is 11.1 Å². The van der Waals surface area contributed by atoms with Crippen molar-refractivity contribution in [3.05, 3.63) is 143 Å². The number of aryl methyl sites for hydroxylation is 1. The van der Waals surface area contributed by atoms with Gasteiger partial charge in [-0.2, -0.15) is 0 Å². The third-order valence-corrected chi connectivity index (χ3v) is 9.15. The van der Waals surface area contributed by atoms with E-state index in [1.54, 1.807) is 18.0 Å². The van der Waals surface area contributed by atoms with Gasteiger partial charge < -0.3 is 29.8 Å². The van der Waals surface area contributed by atoms with Gasteiger partial charge in [0, 0.05) is 50.3 Å². The Labute approximate surface area is 273 Å². The number of rotatable bonds is 11. The lowest BCUT2D eigenvalue weighted by molar-refractivity contribution is -0.245. The number of carbonyl (C=O) groups excluding carboxylic acids is 1.